The minimum atomic E-state index is -0.316. The number of amides is 1. The summed E-state index contributed by atoms with van der Waals surface area (Å²) in [6.07, 6.45) is 0. The van der Waals surface area contributed by atoms with E-state index in [0.717, 1.165) is 0 Å². The zero-order valence-corrected chi connectivity index (χ0v) is 14.1. The fraction of sp³-hybridized carbons (Fsp3) is 0.188. The minimum absolute atomic E-state index is 0.160. The van der Waals surface area contributed by atoms with Gasteiger partial charge in [-0.05, 0) is 24.3 Å². The standard InChI is InChI=1S/C16H15Cl2NO4/c1-21-14-6-3-10(7-15(14)22-2)19-16(20)9-23-11-4-5-12(17)13(18)8-11/h3-8H,9H2,1-2H3,(H,19,20). The zero-order chi connectivity index (χ0) is 16.8. The lowest BCUT2D eigenvalue weighted by atomic mass is 10.2. The quantitative estimate of drug-likeness (QED) is 0.849. The first kappa shape index (κ1) is 17.2. The molecule has 0 atom stereocenters. The largest absolute Gasteiger partial charge is 0.493 e. The highest BCUT2D eigenvalue weighted by atomic mass is 35.5. The van der Waals surface area contributed by atoms with Gasteiger partial charge in [0.15, 0.2) is 18.1 Å². The summed E-state index contributed by atoms with van der Waals surface area (Å²) in [5.41, 5.74) is 0.574. The molecule has 1 N–H and O–H groups in total. The van der Waals surface area contributed by atoms with Crippen LogP contribution < -0.4 is 19.5 Å². The topological polar surface area (TPSA) is 56.8 Å². The van der Waals surface area contributed by atoms with Gasteiger partial charge in [-0.1, -0.05) is 23.2 Å². The van der Waals surface area contributed by atoms with Crippen LogP contribution in [0.2, 0.25) is 10.0 Å². The van der Waals surface area contributed by atoms with Gasteiger partial charge in [0, 0.05) is 17.8 Å². The molecule has 0 bridgehead atoms. The first-order valence-corrected chi connectivity index (χ1v) is 7.39. The van der Waals surface area contributed by atoms with Gasteiger partial charge in [-0.25, -0.2) is 0 Å². The van der Waals surface area contributed by atoms with Crippen molar-refractivity contribution in [2.45, 2.75) is 0 Å². The highest BCUT2D eigenvalue weighted by Crippen LogP contribution is 2.30. The average molecular weight is 356 g/mol. The smallest absolute Gasteiger partial charge is 0.262 e. The van der Waals surface area contributed by atoms with Gasteiger partial charge in [0.25, 0.3) is 5.91 Å². The number of ether oxygens (including phenoxy) is 3. The van der Waals surface area contributed by atoms with Crippen LogP contribution in [-0.2, 0) is 4.79 Å². The molecule has 23 heavy (non-hydrogen) atoms. The second-order valence-electron chi connectivity index (χ2n) is 4.48. The van der Waals surface area contributed by atoms with E-state index in [4.69, 9.17) is 37.4 Å². The van der Waals surface area contributed by atoms with Crippen molar-refractivity contribution in [3.05, 3.63) is 46.4 Å². The predicted molar refractivity (Wildman–Crippen MR) is 90.1 cm³/mol. The highest BCUT2D eigenvalue weighted by Gasteiger charge is 2.08. The summed E-state index contributed by atoms with van der Waals surface area (Å²) in [7, 11) is 3.07. The van der Waals surface area contributed by atoms with Gasteiger partial charge >= 0.3 is 0 Å². The summed E-state index contributed by atoms with van der Waals surface area (Å²) in [6, 6.07) is 9.86. The van der Waals surface area contributed by atoms with Crippen molar-refractivity contribution in [2.24, 2.45) is 0 Å². The molecule has 0 radical (unpaired) electrons. The molecule has 0 aliphatic carbocycles. The van der Waals surface area contributed by atoms with E-state index in [2.05, 4.69) is 5.32 Å². The summed E-state index contributed by atoms with van der Waals surface area (Å²) in [5.74, 6) is 1.25. The monoisotopic (exact) mass is 355 g/mol. The second kappa shape index (κ2) is 7.94. The van der Waals surface area contributed by atoms with E-state index in [-0.39, 0.29) is 12.5 Å². The summed E-state index contributed by atoms with van der Waals surface area (Å²) in [5, 5.41) is 3.50. The van der Waals surface area contributed by atoms with Gasteiger partial charge in [0.05, 0.1) is 24.3 Å². The Balaban J connectivity index is 1.95. The molecular formula is C16H15Cl2NO4. The highest BCUT2D eigenvalue weighted by molar-refractivity contribution is 6.42. The molecule has 0 spiro atoms. The van der Waals surface area contributed by atoms with Crippen LogP contribution in [0.1, 0.15) is 0 Å². The van der Waals surface area contributed by atoms with Crippen LogP contribution in [0.25, 0.3) is 0 Å². The number of carbonyl (C=O) groups is 1. The van der Waals surface area contributed by atoms with Crippen LogP contribution in [0.5, 0.6) is 17.2 Å². The lowest BCUT2D eigenvalue weighted by molar-refractivity contribution is -0.118. The number of anilines is 1. The molecule has 7 heteroatoms. The second-order valence-corrected chi connectivity index (χ2v) is 5.30. The van der Waals surface area contributed by atoms with Crippen LogP contribution >= 0.6 is 23.2 Å². The summed E-state index contributed by atoms with van der Waals surface area (Å²) in [6.45, 7) is -0.160. The van der Waals surface area contributed by atoms with Crippen molar-refractivity contribution in [3.8, 4) is 17.2 Å². The van der Waals surface area contributed by atoms with E-state index in [0.29, 0.717) is 33.0 Å². The average Bonchev–Trinajstić information content (AvgIpc) is 2.55. The minimum Gasteiger partial charge on any atom is -0.493 e. The molecule has 2 aromatic rings. The van der Waals surface area contributed by atoms with Gasteiger partial charge in [-0.2, -0.15) is 0 Å². The third kappa shape index (κ3) is 4.68. The Labute approximate surface area is 144 Å². The normalized spacial score (nSPS) is 10.1. The Kier molecular flexibility index (Phi) is 5.96. The van der Waals surface area contributed by atoms with E-state index < -0.39 is 0 Å². The third-order valence-electron chi connectivity index (χ3n) is 2.93. The fourth-order valence-electron chi connectivity index (χ4n) is 1.83. The van der Waals surface area contributed by atoms with Gasteiger partial charge in [-0.3, -0.25) is 4.79 Å². The maximum Gasteiger partial charge on any atom is 0.262 e. The van der Waals surface area contributed by atoms with Crippen molar-refractivity contribution in [1.82, 2.24) is 0 Å². The number of halogens is 2. The molecule has 0 fully saturated rings. The van der Waals surface area contributed by atoms with Crippen molar-refractivity contribution >= 4 is 34.8 Å². The van der Waals surface area contributed by atoms with E-state index in [9.17, 15) is 4.79 Å². The Bertz CT molecular complexity index is 706. The first-order chi connectivity index (χ1) is 11.0. The van der Waals surface area contributed by atoms with Crippen LogP contribution in [0.4, 0.5) is 5.69 Å². The molecule has 5 nitrogen and oxygen atoms in total. The maximum absolute atomic E-state index is 11.9. The van der Waals surface area contributed by atoms with Crippen LogP contribution in [0.3, 0.4) is 0 Å². The van der Waals surface area contributed by atoms with E-state index in [1.807, 2.05) is 0 Å². The van der Waals surface area contributed by atoms with Gasteiger partial charge < -0.3 is 19.5 Å². The fourth-order valence-corrected chi connectivity index (χ4v) is 2.11. The number of benzene rings is 2. The van der Waals surface area contributed by atoms with Crippen LogP contribution in [0, 0.1) is 0 Å². The number of carbonyl (C=O) groups excluding carboxylic acids is 1. The number of hydrogen-bond acceptors (Lipinski definition) is 4. The number of nitrogens with one attached hydrogen (secondary N) is 1. The van der Waals surface area contributed by atoms with Crippen molar-refractivity contribution in [1.29, 1.82) is 0 Å². The molecule has 1 amide bonds. The molecule has 0 aliphatic heterocycles. The lowest BCUT2D eigenvalue weighted by Crippen LogP contribution is -2.20. The van der Waals surface area contributed by atoms with Crippen molar-refractivity contribution in [2.75, 3.05) is 26.1 Å². The summed E-state index contributed by atoms with van der Waals surface area (Å²) in [4.78, 5) is 11.9. The first-order valence-electron chi connectivity index (χ1n) is 6.63. The molecule has 0 saturated carbocycles. The lowest BCUT2D eigenvalue weighted by Gasteiger charge is -2.11. The molecule has 0 aromatic heterocycles. The Morgan fingerprint density at radius 2 is 1.74 bits per heavy atom. The molecular weight excluding hydrogens is 341 g/mol. The summed E-state index contributed by atoms with van der Waals surface area (Å²) >= 11 is 11.7. The van der Waals surface area contributed by atoms with Crippen molar-refractivity contribution < 1.29 is 19.0 Å². The van der Waals surface area contributed by atoms with Crippen LogP contribution in [0.15, 0.2) is 36.4 Å². The molecule has 0 aliphatic rings. The van der Waals surface area contributed by atoms with Gasteiger partial charge in [0.2, 0.25) is 0 Å². The zero-order valence-electron chi connectivity index (χ0n) is 12.6. The van der Waals surface area contributed by atoms with Gasteiger partial charge in [-0.15, -0.1) is 0 Å². The maximum atomic E-state index is 11.9. The molecule has 0 saturated heterocycles. The SMILES string of the molecule is COc1ccc(NC(=O)COc2ccc(Cl)c(Cl)c2)cc1OC. The Hall–Kier alpha value is -2.11. The Morgan fingerprint density at radius 1 is 1.00 bits per heavy atom. The van der Waals surface area contributed by atoms with Gasteiger partial charge in [0.1, 0.15) is 5.75 Å². The number of rotatable bonds is 6. The molecule has 0 unspecified atom stereocenters. The van der Waals surface area contributed by atoms with E-state index >= 15 is 0 Å². The van der Waals surface area contributed by atoms with Crippen molar-refractivity contribution in [3.63, 3.8) is 0 Å². The molecule has 2 aromatic carbocycles. The number of methoxy groups -OCH3 is 2. The molecule has 2 rings (SSSR count). The molecule has 122 valence electrons. The van der Waals surface area contributed by atoms with E-state index in [1.54, 1.807) is 43.5 Å². The Morgan fingerprint density at radius 3 is 2.39 bits per heavy atom. The molecule has 0 heterocycles. The van der Waals surface area contributed by atoms with Crippen LogP contribution in [-0.4, -0.2) is 26.7 Å². The number of hydrogen-bond donors (Lipinski definition) is 1. The third-order valence-corrected chi connectivity index (χ3v) is 3.67. The summed E-state index contributed by atoms with van der Waals surface area (Å²) < 4.78 is 15.7. The predicted octanol–water partition coefficient (Wildman–Crippen LogP) is 4.03. The van der Waals surface area contributed by atoms with E-state index in [1.165, 1.54) is 7.11 Å².